The quantitative estimate of drug-likeness (QED) is 0.613. The zero-order valence-electron chi connectivity index (χ0n) is 17.4. The van der Waals surface area contributed by atoms with Crippen molar-refractivity contribution in [2.45, 2.75) is 30.1 Å². The molecule has 2 aliphatic heterocycles. The van der Waals surface area contributed by atoms with Crippen molar-refractivity contribution in [1.29, 1.82) is 0 Å². The summed E-state index contributed by atoms with van der Waals surface area (Å²) in [5.41, 5.74) is -0.320. The molecule has 184 valence electrons. The predicted molar refractivity (Wildman–Crippen MR) is 111 cm³/mol. The van der Waals surface area contributed by atoms with Crippen molar-refractivity contribution in [2.75, 3.05) is 19.6 Å². The number of carbonyl (C=O) groups is 1. The van der Waals surface area contributed by atoms with Gasteiger partial charge in [0, 0.05) is 24.9 Å². The molecule has 0 bridgehead atoms. The standard InChI is InChI=1S/C21H19F6N3O3S/c22-20(23,24)8-10-29-19(31)18-17(5-2-9-28-18)14-6-11-30(12-7-14)34(32,33)16-4-1-3-15(13-16)21(25,26)27/h1-6,11,13H,7-10,12H2,(H,29,31). The van der Waals surface area contributed by atoms with Crippen LogP contribution in [0, 0.1) is 0 Å². The van der Waals surface area contributed by atoms with Gasteiger partial charge in [0.2, 0.25) is 0 Å². The maximum absolute atomic E-state index is 13.0. The predicted octanol–water partition coefficient (Wildman–Crippen LogP) is 3.99. The van der Waals surface area contributed by atoms with E-state index in [0.717, 1.165) is 22.5 Å². The van der Waals surface area contributed by atoms with Gasteiger partial charge in [0.15, 0.2) is 0 Å². The number of carbonyl (C=O) groups excluding carboxylic acids is 1. The lowest BCUT2D eigenvalue weighted by Gasteiger charge is -2.26. The molecule has 0 atom stereocenters. The van der Waals surface area contributed by atoms with E-state index in [1.54, 1.807) is 12.2 Å². The summed E-state index contributed by atoms with van der Waals surface area (Å²) in [6.45, 7) is -0.587. The first-order valence-electron chi connectivity index (χ1n) is 9.96. The molecule has 0 unspecified atom stereocenters. The highest BCUT2D eigenvalue weighted by Crippen LogP contribution is 2.32. The molecular formula is C21H19F6N3O3S. The number of halogens is 6. The third kappa shape index (κ3) is 6.07. The Morgan fingerprint density at radius 1 is 1.12 bits per heavy atom. The van der Waals surface area contributed by atoms with Crippen LogP contribution in [0.2, 0.25) is 0 Å². The number of sulfonamides is 1. The van der Waals surface area contributed by atoms with Crippen LogP contribution < -0.4 is 5.32 Å². The molecule has 0 radical (unpaired) electrons. The first-order valence-corrected chi connectivity index (χ1v) is 11.4. The van der Waals surface area contributed by atoms with E-state index in [1.807, 2.05) is 0 Å². The van der Waals surface area contributed by atoms with Crippen LogP contribution in [0.3, 0.4) is 0 Å². The maximum atomic E-state index is 13.0. The Hall–Kier alpha value is -3.09. The third-order valence-corrected chi connectivity index (χ3v) is 6.73. The average Bonchev–Trinajstić information content (AvgIpc) is 2.78. The highest BCUT2D eigenvalue weighted by molar-refractivity contribution is 7.89. The van der Waals surface area contributed by atoms with Gasteiger partial charge >= 0.3 is 12.4 Å². The number of hydrogen-bond donors (Lipinski definition) is 1. The highest BCUT2D eigenvalue weighted by Gasteiger charge is 2.33. The molecule has 0 fully saturated rings. The topological polar surface area (TPSA) is 78.8 Å². The van der Waals surface area contributed by atoms with Gasteiger partial charge in [-0.25, -0.2) is 8.42 Å². The highest BCUT2D eigenvalue weighted by atomic mass is 32.2. The van der Waals surface area contributed by atoms with Crippen molar-refractivity contribution in [3.05, 3.63) is 65.4 Å². The van der Waals surface area contributed by atoms with Gasteiger partial charge in [0.05, 0.1) is 23.4 Å². The van der Waals surface area contributed by atoms with Crippen molar-refractivity contribution in [3.63, 3.8) is 0 Å². The van der Waals surface area contributed by atoms with Gasteiger partial charge < -0.3 is 5.32 Å². The van der Waals surface area contributed by atoms with Gasteiger partial charge in [-0.05, 0) is 36.3 Å². The Bertz CT molecular complexity index is 1180. The lowest BCUT2D eigenvalue weighted by atomic mass is 9.96. The van der Waals surface area contributed by atoms with Crippen LogP contribution in [0.1, 0.15) is 18.4 Å². The summed E-state index contributed by atoms with van der Waals surface area (Å²) in [4.78, 5) is 15.9. The number of dihydropyridines is 1. The first kappa shape index (κ1) is 25.5. The molecule has 1 amide bonds. The maximum Gasteiger partial charge on any atom is 0.416 e. The molecule has 0 saturated heterocycles. The molecule has 3 rings (SSSR count). The lowest BCUT2D eigenvalue weighted by Crippen LogP contribution is -2.36. The molecule has 1 aromatic rings. The second kappa shape index (κ2) is 9.65. The summed E-state index contributed by atoms with van der Waals surface area (Å²) >= 11 is 0. The Kier molecular flexibility index (Phi) is 7.24. The van der Waals surface area contributed by atoms with Crippen molar-refractivity contribution >= 4 is 21.6 Å². The number of amides is 1. The van der Waals surface area contributed by atoms with Crippen LogP contribution in [0.5, 0.6) is 0 Å². The Morgan fingerprint density at radius 2 is 1.85 bits per heavy atom. The molecule has 0 aliphatic carbocycles. The molecule has 13 heteroatoms. The SMILES string of the molecule is O=C(NCCC(F)(F)F)C1=NCC=CC1=C1C=CN(S(=O)(=O)c2cccc(C(F)(F)F)c2)CC1. The number of rotatable bonds is 5. The van der Waals surface area contributed by atoms with Crippen molar-refractivity contribution in [3.8, 4) is 0 Å². The summed E-state index contributed by atoms with van der Waals surface area (Å²) in [6.07, 6.45) is -4.47. The van der Waals surface area contributed by atoms with Crippen molar-refractivity contribution < 1.29 is 39.6 Å². The molecule has 0 aromatic heterocycles. The third-order valence-electron chi connectivity index (χ3n) is 4.96. The molecule has 2 heterocycles. The monoisotopic (exact) mass is 507 g/mol. The number of hydrogen-bond acceptors (Lipinski definition) is 4. The Balaban J connectivity index is 1.80. The van der Waals surface area contributed by atoms with Gasteiger partial charge in [-0.2, -0.15) is 26.3 Å². The molecule has 2 aliphatic rings. The zero-order valence-corrected chi connectivity index (χ0v) is 18.3. The lowest BCUT2D eigenvalue weighted by molar-refractivity contribution is -0.138. The fourth-order valence-corrected chi connectivity index (χ4v) is 4.64. The van der Waals surface area contributed by atoms with E-state index < -0.39 is 51.7 Å². The number of nitrogens with zero attached hydrogens (tertiary/aromatic N) is 2. The minimum absolute atomic E-state index is 0.0708. The van der Waals surface area contributed by atoms with Gasteiger partial charge in [0.1, 0.15) is 5.71 Å². The second-order valence-electron chi connectivity index (χ2n) is 7.36. The number of alkyl halides is 6. The van der Waals surface area contributed by atoms with Crippen LogP contribution in [0.15, 0.2) is 69.7 Å². The van der Waals surface area contributed by atoms with E-state index >= 15 is 0 Å². The Labute approximate surface area is 191 Å². The number of allylic oxidation sites excluding steroid dienone is 2. The van der Waals surface area contributed by atoms with Crippen LogP contribution in [-0.4, -0.2) is 50.2 Å². The van der Waals surface area contributed by atoms with Gasteiger partial charge in [0.25, 0.3) is 15.9 Å². The van der Waals surface area contributed by atoms with E-state index in [0.29, 0.717) is 17.2 Å². The Morgan fingerprint density at radius 3 is 2.47 bits per heavy atom. The van der Waals surface area contributed by atoms with E-state index in [2.05, 4.69) is 10.3 Å². The molecule has 1 N–H and O–H groups in total. The summed E-state index contributed by atoms with van der Waals surface area (Å²) in [6, 6.07) is 3.39. The van der Waals surface area contributed by atoms with Gasteiger partial charge in [-0.15, -0.1) is 0 Å². The summed E-state index contributed by atoms with van der Waals surface area (Å²) in [5, 5.41) is 2.17. The second-order valence-corrected chi connectivity index (χ2v) is 9.25. The molecule has 1 aromatic carbocycles. The average molecular weight is 507 g/mol. The van der Waals surface area contributed by atoms with Gasteiger partial charge in [-0.1, -0.05) is 18.2 Å². The van der Waals surface area contributed by atoms with Crippen LogP contribution in [-0.2, 0) is 21.0 Å². The summed E-state index contributed by atoms with van der Waals surface area (Å²) < 4.78 is 102. The normalized spacial score (nSPS) is 19.2. The molecule has 0 saturated carbocycles. The van der Waals surface area contributed by atoms with E-state index in [1.165, 1.54) is 12.3 Å². The minimum Gasteiger partial charge on any atom is -0.350 e. The first-order chi connectivity index (χ1) is 15.8. The van der Waals surface area contributed by atoms with Crippen LogP contribution in [0.25, 0.3) is 0 Å². The minimum atomic E-state index is -4.70. The number of aliphatic imine (C=N–C) groups is 1. The van der Waals surface area contributed by atoms with Crippen LogP contribution in [0.4, 0.5) is 26.3 Å². The smallest absolute Gasteiger partial charge is 0.350 e. The molecule has 0 spiro atoms. The van der Waals surface area contributed by atoms with Gasteiger partial charge in [-0.3, -0.25) is 14.1 Å². The van der Waals surface area contributed by atoms with E-state index in [-0.39, 0.29) is 25.2 Å². The van der Waals surface area contributed by atoms with E-state index in [4.69, 9.17) is 0 Å². The fraction of sp³-hybridized carbons (Fsp3) is 0.333. The number of benzene rings is 1. The molecule has 34 heavy (non-hydrogen) atoms. The zero-order chi connectivity index (χ0) is 25.1. The van der Waals surface area contributed by atoms with Crippen molar-refractivity contribution in [2.24, 2.45) is 4.99 Å². The molecular weight excluding hydrogens is 488 g/mol. The van der Waals surface area contributed by atoms with Crippen LogP contribution >= 0.6 is 0 Å². The molecule has 6 nitrogen and oxygen atoms in total. The fourth-order valence-electron chi connectivity index (χ4n) is 3.29. The number of nitrogens with one attached hydrogen (secondary N) is 1. The van der Waals surface area contributed by atoms with Crippen molar-refractivity contribution in [1.82, 2.24) is 9.62 Å². The summed E-state index contributed by atoms with van der Waals surface area (Å²) in [7, 11) is -4.26. The van der Waals surface area contributed by atoms with E-state index in [9.17, 15) is 39.6 Å². The summed E-state index contributed by atoms with van der Waals surface area (Å²) in [5.74, 6) is -0.788. The largest absolute Gasteiger partial charge is 0.416 e.